The van der Waals surface area contributed by atoms with E-state index in [2.05, 4.69) is 10.5 Å². The number of hydrogen-bond donors (Lipinski definition) is 2. The molecule has 3 N–H and O–H groups in total. The molecule has 0 saturated carbocycles. The summed E-state index contributed by atoms with van der Waals surface area (Å²) in [5.41, 5.74) is 8.73. The lowest BCUT2D eigenvalue weighted by atomic mass is 10.2. The highest BCUT2D eigenvalue weighted by atomic mass is 19.1. The molecule has 0 fully saturated rings. The van der Waals surface area contributed by atoms with Gasteiger partial charge in [-0.1, -0.05) is 12.1 Å². The molecule has 1 rings (SSSR count). The molecule has 1 atom stereocenters. The Hall–Kier alpha value is -1.42. The van der Waals surface area contributed by atoms with Crippen LogP contribution >= 0.6 is 0 Å². The first kappa shape index (κ1) is 9.67. The highest BCUT2D eigenvalue weighted by Crippen LogP contribution is 1.99. The predicted molar refractivity (Wildman–Crippen MR) is 50.8 cm³/mol. The van der Waals surface area contributed by atoms with E-state index in [-0.39, 0.29) is 12.0 Å². The maximum Gasteiger partial charge on any atom is 0.123 e. The molecule has 1 aromatic rings. The summed E-state index contributed by atoms with van der Waals surface area (Å²) >= 11 is 0. The topological polar surface area (TPSA) is 50.4 Å². The van der Waals surface area contributed by atoms with E-state index in [9.17, 15) is 4.39 Å². The van der Waals surface area contributed by atoms with Crippen molar-refractivity contribution in [3.63, 3.8) is 0 Å². The molecule has 0 aliphatic heterocycles. The summed E-state index contributed by atoms with van der Waals surface area (Å²) < 4.78 is 12.6. The lowest BCUT2D eigenvalue weighted by Crippen LogP contribution is -2.29. The number of rotatable bonds is 3. The standard InChI is InChI=1S/C9H12FN3/c1-7(11)13-12-6-8-3-2-4-9(10)5-8/h2-7,13H,11H2,1H3/b12-6+. The number of hydrazone groups is 1. The zero-order valence-electron chi connectivity index (χ0n) is 7.37. The second-order valence-corrected chi connectivity index (χ2v) is 2.73. The number of nitrogens with one attached hydrogen (secondary N) is 1. The summed E-state index contributed by atoms with van der Waals surface area (Å²) in [6.45, 7) is 1.77. The highest BCUT2D eigenvalue weighted by molar-refractivity contribution is 5.79. The maximum absolute atomic E-state index is 12.6. The van der Waals surface area contributed by atoms with Crippen molar-refractivity contribution >= 4 is 6.21 Å². The smallest absolute Gasteiger partial charge is 0.123 e. The molecule has 0 aromatic heterocycles. The molecule has 1 aromatic carbocycles. The van der Waals surface area contributed by atoms with Crippen molar-refractivity contribution in [2.45, 2.75) is 13.1 Å². The lowest BCUT2D eigenvalue weighted by Gasteiger charge is -2.01. The first-order valence-electron chi connectivity index (χ1n) is 3.98. The number of benzene rings is 1. The molecule has 0 spiro atoms. The molecule has 0 radical (unpaired) electrons. The molecule has 0 bridgehead atoms. The van der Waals surface area contributed by atoms with Gasteiger partial charge in [-0.25, -0.2) is 4.39 Å². The fraction of sp³-hybridized carbons (Fsp3) is 0.222. The fourth-order valence-corrected chi connectivity index (χ4v) is 0.816. The van der Waals surface area contributed by atoms with Crippen molar-refractivity contribution in [1.29, 1.82) is 0 Å². The first-order valence-corrected chi connectivity index (χ1v) is 3.98. The van der Waals surface area contributed by atoms with Crippen LogP contribution in [0.15, 0.2) is 29.4 Å². The van der Waals surface area contributed by atoms with Gasteiger partial charge in [0, 0.05) is 0 Å². The van der Waals surface area contributed by atoms with Gasteiger partial charge in [0.15, 0.2) is 0 Å². The van der Waals surface area contributed by atoms with Crippen molar-refractivity contribution in [3.8, 4) is 0 Å². The summed E-state index contributed by atoms with van der Waals surface area (Å²) in [6, 6.07) is 6.17. The Kier molecular flexibility index (Phi) is 3.40. The molecule has 4 heteroatoms. The first-order chi connectivity index (χ1) is 6.18. The Morgan fingerprint density at radius 1 is 1.62 bits per heavy atom. The van der Waals surface area contributed by atoms with Crippen molar-refractivity contribution in [2.75, 3.05) is 0 Å². The Labute approximate surface area is 76.4 Å². The van der Waals surface area contributed by atoms with Crippen LogP contribution in [0.4, 0.5) is 4.39 Å². The molecule has 1 unspecified atom stereocenters. The maximum atomic E-state index is 12.6. The largest absolute Gasteiger partial charge is 0.311 e. The molecule has 70 valence electrons. The van der Waals surface area contributed by atoms with E-state index < -0.39 is 0 Å². The quantitative estimate of drug-likeness (QED) is 0.416. The monoisotopic (exact) mass is 181 g/mol. The third-order valence-electron chi connectivity index (χ3n) is 1.34. The van der Waals surface area contributed by atoms with Gasteiger partial charge >= 0.3 is 0 Å². The summed E-state index contributed by atoms with van der Waals surface area (Å²) in [4.78, 5) is 0. The van der Waals surface area contributed by atoms with Crippen LogP contribution in [0.3, 0.4) is 0 Å². The van der Waals surface area contributed by atoms with Crippen LogP contribution in [0, 0.1) is 5.82 Å². The Morgan fingerprint density at radius 2 is 2.38 bits per heavy atom. The van der Waals surface area contributed by atoms with Crippen LogP contribution in [-0.2, 0) is 0 Å². The Morgan fingerprint density at radius 3 is 3.00 bits per heavy atom. The predicted octanol–water partition coefficient (Wildman–Crippen LogP) is 1.05. The minimum atomic E-state index is -0.273. The zero-order valence-corrected chi connectivity index (χ0v) is 7.37. The average molecular weight is 181 g/mol. The minimum absolute atomic E-state index is 0.204. The average Bonchev–Trinajstić information content (AvgIpc) is 2.03. The van der Waals surface area contributed by atoms with E-state index in [1.54, 1.807) is 19.1 Å². The zero-order chi connectivity index (χ0) is 9.68. The van der Waals surface area contributed by atoms with Crippen LogP contribution in [0.25, 0.3) is 0 Å². The van der Waals surface area contributed by atoms with Crippen molar-refractivity contribution < 1.29 is 4.39 Å². The van der Waals surface area contributed by atoms with Gasteiger partial charge in [-0.2, -0.15) is 5.10 Å². The van der Waals surface area contributed by atoms with Gasteiger partial charge in [-0.15, -0.1) is 0 Å². The third-order valence-corrected chi connectivity index (χ3v) is 1.34. The van der Waals surface area contributed by atoms with E-state index in [0.717, 1.165) is 0 Å². The molecule has 0 aliphatic rings. The summed E-state index contributed by atoms with van der Waals surface area (Å²) in [7, 11) is 0. The number of hydrogen-bond acceptors (Lipinski definition) is 3. The second kappa shape index (κ2) is 4.57. The number of nitrogens with two attached hydrogens (primary N) is 1. The molecule has 0 amide bonds. The van der Waals surface area contributed by atoms with Crippen LogP contribution in [0.1, 0.15) is 12.5 Å². The summed E-state index contributed by atoms with van der Waals surface area (Å²) in [5.74, 6) is -0.273. The lowest BCUT2D eigenvalue weighted by molar-refractivity contribution is 0.597. The van der Waals surface area contributed by atoms with Gasteiger partial charge in [0.05, 0.1) is 12.4 Å². The van der Waals surface area contributed by atoms with E-state index in [0.29, 0.717) is 5.56 Å². The third kappa shape index (κ3) is 3.66. The minimum Gasteiger partial charge on any atom is -0.311 e. The summed E-state index contributed by atoms with van der Waals surface area (Å²) in [6.07, 6.45) is 1.32. The number of nitrogens with zero attached hydrogens (tertiary/aromatic N) is 1. The van der Waals surface area contributed by atoms with Gasteiger partial charge in [-0.05, 0) is 24.6 Å². The fourth-order valence-electron chi connectivity index (χ4n) is 0.816. The van der Waals surface area contributed by atoms with E-state index in [1.807, 2.05) is 0 Å². The van der Waals surface area contributed by atoms with E-state index >= 15 is 0 Å². The molecule has 0 saturated heterocycles. The summed E-state index contributed by atoms with van der Waals surface area (Å²) in [5, 5.41) is 3.82. The Bertz CT molecular complexity index is 297. The second-order valence-electron chi connectivity index (χ2n) is 2.73. The van der Waals surface area contributed by atoms with Crippen LogP contribution in [0.2, 0.25) is 0 Å². The van der Waals surface area contributed by atoms with Gasteiger partial charge in [-0.3, -0.25) is 5.43 Å². The van der Waals surface area contributed by atoms with E-state index in [1.165, 1.54) is 18.3 Å². The molecule has 0 heterocycles. The van der Waals surface area contributed by atoms with Gasteiger partial charge < -0.3 is 5.73 Å². The van der Waals surface area contributed by atoms with Crippen LogP contribution < -0.4 is 11.2 Å². The van der Waals surface area contributed by atoms with Crippen molar-refractivity contribution in [1.82, 2.24) is 5.43 Å². The van der Waals surface area contributed by atoms with Crippen LogP contribution in [-0.4, -0.2) is 12.4 Å². The highest BCUT2D eigenvalue weighted by Gasteiger charge is 1.90. The molecule has 0 aliphatic carbocycles. The molecular formula is C9H12FN3. The van der Waals surface area contributed by atoms with Gasteiger partial charge in [0.2, 0.25) is 0 Å². The molecular weight excluding hydrogens is 169 g/mol. The van der Waals surface area contributed by atoms with Gasteiger partial charge in [0.25, 0.3) is 0 Å². The van der Waals surface area contributed by atoms with Crippen molar-refractivity contribution in [2.24, 2.45) is 10.8 Å². The van der Waals surface area contributed by atoms with E-state index in [4.69, 9.17) is 5.73 Å². The number of halogens is 1. The van der Waals surface area contributed by atoms with Crippen molar-refractivity contribution in [3.05, 3.63) is 35.6 Å². The normalized spacial score (nSPS) is 13.2. The molecule has 3 nitrogen and oxygen atoms in total. The Balaban J connectivity index is 2.58. The van der Waals surface area contributed by atoms with Crippen LogP contribution in [0.5, 0.6) is 0 Å². The SMILES string of the molecule is CC(N)N/N=C/c1cccc(F)c1. The van der Waals surface area contributed by atoms with Gasteiger partial charge in [0.1, 0.15) is 5.82 Å². The molecule has 13 heavy (non-hydrogen) atoms.